The van der Waals surface area contributed by atoms with Crippen LogP contribution in [0.4, 0.5) is 0 Å². The molecule has 84 valence electrons. The molecule has 0 atom stereocenters. The maximum atomic E-state index is 5.35. The Balaban J connectivity index is 1.69. The van der Waals surface area contributed by atoms with Crippen molar-refractivity contribution < 1.29 is 4.42 Å². The van der Waals surface area contributed by atoms with Crippen LogP contribution in [-0.2, 0) is 13.0 Å². The molecule has 2 aromatic heterocycles. The monoisotopic (exact) mass is 217 g/mol. The number of aryl methyl sites for hydroxylation is 1. The van der Waals surface area contributed by atoms with E-state index in [4.69, 9.17) is 4.42 Å². The van der Waals surface area contributed by atoms with Crippen LogP contribution in [-0.4, -0.2) is 16.5 Å². The largest absolute Gasteiger partial charge is 0.445 e. The lowest BCUT2D eigenvalue weighted by Gasteiger charge is -2.01. The van der Waals surface area contributed by atoms with E-state index < -0.39 is 0 Å². The first-order valence-corrected chi connectivity index (χ1v) is 5.36. The molecule has 0 amide bonds. The van der Waals surface area contributed by atoms with E-state index in [0.29, 0.717) is 6.54 Å². The number of hydrogen-bond donors (Lipinski definition) is 1. The summed E-state index contributed by atoms with van der Waals surface area (Å²) in [5.41, 5.74) is 1.10. The fraction of sp³-hybridized carbons (Fsp3) is 0.333. The van der Waals surface area contributed by atoms with E-state index in [-0.39, 0.29) is 0 Å². The van der Waals surface area contributed by atoms with Crippen molar-refractivity contribution in [1.29, 1.82) is 0 Å². The summed E-state index contributed by atoms with van der Waals surface area (Å²) in [6, 6.07) is 5.95. The van der Waals surface area contributed by atoms with Crippen molar-refractivity contribution in [3.8, 4) is 0 Å². The number of pyridine rings is 1. The highest BCUT2D eigenvalue weighted by Gasteiger charge is 1.99. The molecule has 0 unspecified atom stereocenters. The van der Waals surface area contributed by atoms with Crippen molar-refractivity contribution in [1.82, 2.24) is 15.3 Å². The van der Waals surface area contributed by atoms with Crippen LogP contribution in [0.1, 0.15) is 17.3 Å². The Labute approximate surface area is 94.7 Å². The second-order valence-electron chi connectivity index (χ2n) is 3.61. The van der Waals surface area contributed by atoms with Crippen molar-refractivity contribution in [2.45, 2.75) is 19.9 Å². The van der Waals surface area contributed by atoms with Gasteiger partial charge in [-0.25, -0.2) is 4.98 Å². The maximum absolute atomic E-state index is 5.35. The molecule has 2 heterocycles. The highest BCUT2D eigenvalue weighted by atomic mass is 16.4. The highest BCUT2D eigenvalue weighted by Crippen LogP contribution is 2.00. The van der Waals surface area contributed by atoms with Gasteiger partial charge >= 0.3 is 0 Å². The Morgan fingerprint density at radius 2 is 2.25 bits per heavy atom. The Morgan fingerprint density at radius 3 is 2.94 bits per heavy atom. The molecule has 1 N–H and O–H groups in total. The number of aromatic nitrogens is 2. The molecule has 0 saturated carbocycles. The highest BCUT2D eigenvalue weighted by molar-refractivity contribution is 5.03. The second-order valence-corrected chi connectivity index (χ2v) is 3.61. The summed E-state index contributed by atoms with van der Waals surface area (Å²) < 4.78 is 5.35. The van der Waals surface area contributed by atoms with Gasteiger partial charge in [0.25, 0.3) is 0 Å². The van der Waals surface area contributed by atoms with Crippen molar-refractivity contribution in [2.75, 3.05) is 6.54 Å². The standard InChI is InChI=1S/C12H15N3O/c1-10-8-15-12(16-10)9-13-7-5-11-4-2-3-6-14-11/h2-4,6,8,13H,5,7,9H2,1H3. The molecule has 0 spiro atoms. The summed E-state index contributed by atoms with van der Waals surface area (Å²) in [7, 11) is 0. The summed E-state index contributed by atoms with van der Waals surface area (Å²) in [5, 5.41) is 3.27. The Bertz CT molecular complexity index is 425. The normalized spacial score (nSPS) is 10.6. The number of nitrogens with zero attached hydrogens (tertiary/aromatic N) is 2. The molecular formula is C12H15N3O. The van der Waals surface area contributed by atoms with E-state index in [1.807, 2.05) is 31.3 Å². The summed E-state index contributed by atoms with van der Waals surface area (Å²) in [4.78, 5) is 8.36. The summed E-state index contributed by atoms with van der Waals surface area (Å²) in [5.74, 6) is 1.58. The molecule has 0 bridgehead atoms. The first-order chi connectivity index (χ1) is 7.84. The van der Waals surface area contributed by atoms with E-state index in [1.165, 1.54) is 0 Å². The smallest absolute Gasteiger partial charge is 0.208 e. The lowest BCUT2D eigenvalue weighted by molar-refractivity contribution is 0.450. The quantitative estimate of drug-likeness (QED) is 0.775. The Hall–Kier alpha value is -1.68. The van der Waals surface area contributed by atoms with Crippen LogP contribution < -0.4 is 5.32 Å². The molecule has 0 aliphatic rings. The zero-order valence-corrected chi connectivity index (χ0v) is 9.31. The fourth-order valence-corrected chi connectivity index (χ4v) is 1.44. The molecule has 0 fully saturated rings. The second kappa shape index (κ2) is 5.42. The van der Waals surface area contributed by atoms with Crippen LogP contribution >= 0.6 is 0 Å². The van der Waals surface area contributed by atoms with Crippen LogP contribution in [0.5, 0.6) is 0 Å². The van der Waals surface area contributed by atoms with Gasteiger partial charge in [-0.1, -0.05) is 6.07 Å². The van der Waals surface area contributed by atoms with Gasteiger partial charge in [-0.05, 0) is 19.1 Å². The fourth-order valence-electron chi connectivity index (χ4n) is 1.44. The van der Waals surface area contributed by atoms with Crippen LogP contribution in [0.3, 0.4) is 0 Å². The van der Waals surface area contributed by atoms with Crippen LogP contribution in [0.2, 0.25) is 0 Å². The molecule has 2 aromatic rings. The van der Waals surface area contributed by atoms with Crippen molar-refractivity contribution in [3.63, 3.8) is 0 Å². The topological polar surface area (TPSA) is 51.0 Å². The van der Waals surface area contributed by atoms with Crippen molar-refractivity contribution >= 4 is 0 Å². The molecule has 4 nitrogen and oxygen atoms in total. The predicted molar refractivity (Wildman–Crippen MR) is 60.9 cm³/mol. The molecule has 0 aliphatic carbocycles. The Kier molecular flexibility index (Phi) is 3.66. The Morgan fingerprint density at radius 1 is 1.31 bits per heavy atom. The summed E-state index contributed by atoms with van der Waals surface area (Å²) >= 11 is 0. The van der Waals surface area contributed by atoms with Gasteiger partial charge in [0.1, 0.15) is 5.76 Å². The first-order valence-electron chi connectivity index (χ1n) is 5.36. The van der Waals surface area contributed by atoms with Crippen LogP contribution in [0.15, 0.2) is 35.0 Å². The van der Waals surface area contributed by atoms with Gasteiger partial charge in [-0.2, -0.15) is 0 Å². The van der Waals surface area contributed by atoms with Crippen LogP contribution in [0, 0.1) is 6.92 Å². The third-order valence-electron chi connectivity index (χ3n) is 2.23. The molecule has 4 heteroatoms. The van der Waals surface area contributed by atoms with Crippen molar-refractivity contribution in [3.05, 3.63) is 47.9 Å². The average Bonchev–Trinajstić information content (AvgIpc) is 2.72. The maximum Gasteiger partial charge on any atom is 0.208 e. The summed E-state index contributed by atoms with van der Waals surface area (Å²) in [6.45, 7) is 3.43. The molecule has 0 aromatic carbocycles. The van der Waals surface area contributed by atoms with Gasteiger partial charge in [0.2, 0.25) is 5.89 Å². The number of nitrogens with one attached hydrogen (secondary N) is 1. The van der Waals surface area contributed by atoms with E-state index in [1.54, 1.807) is 6.20 Å². The molecule has 2 rings (SSSR count). The van der Waals surface area contributed by atoms with Crippen LogP contribution in [0.25, 0.3) is 0 Å². The predicted octanol–water partition coefficient (Wildman–Crippen LogP) is 1.71. The molecular weight excluding hydrogens is 202 g/mol. The molecule has 0 aliphatic heterocycles. The average molecular weight is 217 g/mol. The SMILES string of the molecule is Cc1cnc(CNCCc2ccccn2)o1. The van der Waals surface area contributed by atoms with Gasteiger partial charge in [0.05, 0.1) is 12.7 Å². The number of hydrogen-bond acceptors (Lipinski definition) is 4. The third-order valence-corrected chi connectivity index (χ3v) is 2.23. The summed E-state index contributed by atoms with van der Waals surface area (Å²) in [6.07, 6.45) is 4.46. The van der Waals surface area contributed by atoms with E-state index in [9.17, 15) is 0 Å². The van der Waals surface area contributed by atoms with Gasteiger partial charge in [-0.3, -0.25) is 4.98 Å². The minimum atomic E-state index is 0.667. The third kappa shape index (κ3) is 3.17. The van der Waals surface area contributed by atoms with Gasteiger partial charge in [0, 0.05) is 24.9 Å². The first kappa shape index (κ1) is 10.8. The minimum absolute atomic E-state index is 0.667. The lowest BCUT2D eigenvalue weighted by atomic mass is 10.3. The zero-order valence-electron chi connectivity index (χ0n) is 9.31. The molecule has 0 radical (unpaired) electrons. The molecule has 16 heavy (non-hydrogen) atoms. The minimum Gasteiger partial charge on any atom is -0.445 e. The molecule has 0 saturated heterocycles. The number of oxazole rings is 1. The van der Waals surface area contributed by atoms with Gasteiger partial charge in [-0.15, -0.1) is 0 Å². The lowest BCUT2D eigenvalue weighted by Crippen LogP contribution is -2.17. The van der Waals surface area contributed by atoms with E-state index in [2.05, 4.69) is 15.3 Å². The van der Waals surface area contributed by atoms with Gasteiger partial charge < -0.3 is 9.73 Å². The van der Waals surface area contributed by atoms with E-state index >= 15 is 0 Å². The van der Waals surface area contributed by atoms with Crippen molar-refractivity contribution in [2.24, 2.45) is 0 Å². The van der Waals surface area contributed by atoms with E-state index in [0.717, 1.165) is 30.3 Å². The number of rotatable bonds is 5. The zero-order chi connectivity index (χ0) is 11.2. The van der Waals surface area contributed by atoms with Gasteiger partial charge in [0.15, 0.2) is 0 Å².